The second-order valence-corrected chi connectivity index (χ2v) is 9.53. The number of rotatable bonds is 4. The lowest BCUT2D eigenvalue weighted by Crippen LogP contribution is -2.51. The highest BCUT2D eigenvalue weighted by Gasteiger charge is 2.33. The monoisotopic (exact) mass is 425 g/mol. The SMILES string of the molecule is Cc1nc2n(c(=O)c1CC[N+]1(C)CCC(c3noc4cc(F)ccc34)CC1)CCCC2. The maximum absolute atomic E-state index is 13.4. The number of aryl methyl sites for hydroxylation is 2. The van der Waals surface area contributed by atoms with Gasteiger partial charge in [-0.2, -0.15) is 0 Å². The van der Waals surface area contributed by atoms with E-state index in [9.17, 15) is 9.18 Å². The number of halogens is 1. The van der Waals surface area contributed by atoms with Crippen molar-refractivity contribution in [3.05, 3.63) is 57.1 Å². The second-order valence-electron chi connectivity index (χ2n) is 9.53. The van der Waals surface area contributed by atoms with Crippen LogP contribution in [0.15, 0.2) is 27.5 Å². The van der Waals surface area contributed by atoms with Crippen LogP contribution in [0.5, 0.6) is 0 Å². The summed E-state index contributed by atoms with van der Waals surface area (Å²) in [5, 5.41) is 5.19. The fourth-order valence-electron chi connectivity index (χ4n) is 5.31. The first-order chi connectivity index (χ1) is 14.9. The first-order valence-corrected chi connectivity index (χ1v) is 11.4. The Kier molecular flexibility index (Phi) is 5.16. The Bertz CT molecular complexity index is 1170. The third-order valence-corrected chi connectivity index (χ3v) is 7.37. The lowest BCUT2D eigenvalue weighted by molar-refractivity contribution is -0.914. The van der Waals surface area contributed by atoms with Crippen LogP contribution >= 0.6 is 0 Å². The van der Waals surface area contributed by atoms with E-state index >= 15 is 0 Å². The highest BCUT2D eigenvalue weighted by atomic mass is 19.1. The molecule has 0 N–H and O–H groups in total. The highest BCUT2D eigenvalue weighted by molar-refractivity contribution is 5.79. The van der Waals surface area contributed by atoms with Crippen LogP contribution in [0.4, 0.5) is 4.39 Å². The molecule has 0 aliphatic carbocycles. The molecule has 0 atom stereocenters. The third kappa shape index (κ3) is 3.80. The molecule has 1 saturated heterocycles. The van der Waals surface area contributed by atoms with Crippen LogP contribution in [0.2, 0.25) is 0 Å². The van der Waals surface area contributed by atoms with Gasteiger partial charge in [-0.15, -0.1) is 0 Å². The zero-order valence-electron chi connectivity index (χ0n) is 18.4. The van der Waals surface area contributed by atoms with Crippen LogP contribution in [0, 0.1) is 12.7 Å². The Hall–Kier alpha value is -2.54. The number of aromatic nitrogens is 3. The highest BCUT2D eigenvalue weighted by Crippen LogP contribution is 2.34. The average Bonchev–Trinajstić information content (AvgIpc) is 3.17. The quantitative estimate of drug-likeness (QED) is 0.598. The van der Waals surface area contributed by atoms with Gasteiger partial charge in [-0.1, -0.05) is 5.16 Å². The minimum Gasteiger partial charge on any atom is -0.356 e. The predicted molar refractivity (Wildman–Crippen MR) is 117 cm³/mol. The van der Waals surface area contributed by atoms with E-state index in [0.29, 0.717) is 11.5 Å². The first-order valence-electron chi connectivity index (χ1n) is 11.4. The Labute approximate surface area is 181 Å². The minimum atomic E-state index is -0.300. The number of hydrogen-bond donors (Lipinski definition) is 0. The molecule has 1 aromatic carbocycles. The third-order valence-electron chi connectivity index (χ3n) is 7.37. The molecule has 7 heteroatoms. The van der Waals surface area contributed by atoms with Crippen molar-refractivity contribution in [1.82, 2.24) is 14.7 Å². The number of fused-ring (bicyclic) bond motifs is 2. The van der Waals surface area contributed by atoms with E-state index in [4.69, 9.17) is 9.51 Å². The molecule has 3 aromatic rings. The van der Waals surface area contributed by atoms with Crippen molar-refractivity contribution in [2.75, 3.05) is 26.7 Å². The van der Waals surface area contributed by atoms with Gasteiger partial charge >= 0.3 is 0 Å². The van der Waals surface area contributed by atoms with Gasteiger partial charge in [-0.25, -0.2) is 9.37 Å². The van der Waals surface area contributed by atoms with Crippen LogP contribution in [0.3, 0.4) is 0 Å². The molecule has 6 nitrogen and oxygen atoms in total. The summed E-state index contributed by atoms with van der Waals surface area (Å²) in [6.07, 6.45) is 5.89. The summed E-state index contributed by atoms with van der Waals surface area (Å²) in [5.41, 5.74) is 3.44. The Morgan fingerprint density at radius 1 is 1.26 bits per heavy atom. The van der Waals surface area contributed by atoms with E-state index in [1.165, 1.54) is 12.1 Å². The molecular weight excluding hydrogens is 395 g/mol. The first kappa shape index (κ1) is 20.4. The van der Waals surface area contributed by atoms with Crippen molar-refractivity contribution in [1.29, 1.82) is 0 Å². The molecular formula is C24H30FN4O2+. The van der Waals surface area contributed by atoms with Gasteiger partial charge in [0.1, 0.15) is 11.6 Å². The van der Waals surface area contributed by atoms with Crippen LogP contribution in [-0.4, -0.2) is 45.9 Å². The lowest BCUT2D eigenvalue weighted by atomic mass is 9.90. The van der Waals surface area contributed by atoms with Crippen LogP contribution in [0.25, 0.3) is 11.0 Å². The molecule has 0 amide bonds. The summed E-state index contributed by atoms with van der Waals surface area (Å²) in [6.45, 7) is 5.78. The standard InChI is InChI=1S/C24H30FN4O2/c1-16-19(24(30)28-11-4-3-5-22(28)26-16)10-14-29(2)12-8-17(9-13-29)23-20-7-6-18(25)15-21(20)31-27-23/h6-7,15,17H,3-5,8-14H2,1-2H3/q+1. The largest absolute Gasteiger partial charge is 0.356 e. The minimum absolute atomic E-state index is 0.171. The summed E-state index contributed by atoms with van der Waals surface area (Å²) in [7, 11) is 2.28. The van der Waals surface area contributed by atoms with Gasteiger partial charge in [0.15, 0.2) is 5.58 Å². The second kappa shape index (κ2) is 7.86. The van der Waals surface area contributed by atoms with Gasteiger partial charge in [-0.05, 0) is 31.9 Å². The van der Waals surface area contributed by atoms with Crippen LogP contribution in [-0.2, 0) is 19.4 Å². The van der Waals surface area contributed by atoms with E-state index in [-0.39, 0.29) is 11.4 Å². The zero-order chi connectivity index (χ0) is 21.6. The molecule has 31 heavy (non-hydrogen) atoms. The Morgan fingerprint density at radius 2 is 2.06 bits per heavy atom. The molecule has 0 bridgehead atoms. The van der Waals surface area contributed by atoms with Gasteiger partial charge in [0, 0.05) is 60.9 Å². The van der Waals surface area contributed by atoms with E-state index in [1.54, 1.807) is 6.07 Å². The van der Waals surface area contributed by atoms with E-state index in [0.717, 1.165) is 97.3 Å². The molecule has 2 aromatic heterocycles. The average molecular weight is 426 g/mol. The van der Waals surface area contributed by atoms with Crippen LogP contribution in [0.1, 0.15) is 54.4 Å². The Morgan fingerprint density at radius 3 is 2.87 bits per heavy atom. The van der Waals surface area contributed by atoms with E-state index in [2.05, 4.69) is 12.2 Å². The zero-order valence-corrected chi connectivity index (χ0v) is 18.4. The number of hydrogen-bond acceptors (Lipinski definition) is 4. The molecule has 2 aliphatic rings. The summed E-state index contributed by atoms with van der Waals surface area (Å²) >= 11 is 0. The fourth-order valence-corrected chi connectivity index (χ4v) is 5.31. The normalized spacial score (nSPS) is 23.8. The molecule has 0 spiro atoms. The smallest absolute Gasteiger partial charge is 0.257 e. The Balaban J connectivity index is 1.27. The number of likely N-dealkylation sites (N-methyl/N-ethyl adjacent to an activating group) is 1. The molecule has 164 valence electrons. The van der Waals surface area contributed by atoms with Gasteiger partial charge in [0.25, 0.3) is 5.56 Å². The van der Waals surface area contributed by atoms with Crippen LogP contribution < -0.4 is 5.56 Å². The summed E-state index contributed by atoms with van der Waals surface area (Å²) in [4.78, 5) is 17.8. The predicted octanol–water partition coefficient (Wildman–Crippen LogP) is 3.74. The van der Waals surface area contributed by atoms with Crippen molar-refractivity contribution in [2.45, 2.75) is 57.9 Å². The number of benzene rings is 1. The molecule has 1 fully saturated rings. The van der Waals surface area contributed by atoms with Gasteiger partial charge in [0.05, 0.1) is 32.4 Å². The fraction of sp³-hybridized carbons (Fsp3) is 0.542. The van der Waals surface area contributed by atoms with Gasteiger partial charge in [-0.3, -0.25) is 9.36 Å². The summed E-state index contributed by atoms with van der Waals surface area (Å²) in [6, 6.07) is 4.65. The van der Waals surface area contributed by atoms with Crippen molar-refractivity contribution in [3.8, 4) is 0 Å². The number of piperidine rings is 1. The van der Waals surface area contributed by atoms with E-state index < -0.39 is 0 Å². The van der Waals surface area contributed by atoms with E-state index in [1.807, 2.05) is 11.5 Å². The molecule has 0 unspecified atom stereocenters. The topological polar surface area (TPSA) is 60.9 Å². The molecule has 5 rings (SSSR count). The van der Waals surface area contributed by atoms with Crippen molar-refractivity contribution < 1.29 is 13.4 Å². The number of quaternary nitrogens is 1. The maximum atomic E-state index is 13.4. The molecule has 2 aliphatic heterocycles. The number of nitrogens with zero attached hydrogens (tertiary/aromatic N) is 4. The molecule has 4 heterocycles. The lowest BCUT2D eigenvalue weighted by Gasteiger charge is -2.40. The summed E-state index contributed by atoms with van der Waals surface area (Å²) < 4.78 is 21.7. The van der Waals surface area contributed by atoms with Gasteiger partial charge < -0.3 is 9.01 Å². The maximum Gasteiger partial charge on any atom is 0.257 e. The number of likely N-dealkylation sites (tertiary alicyclic amines) is 1. The van der Waals surface area contributed by atoms with Crippen molar-refractivity contribution in [3.63, 3.8) is 0 Å². The van der Waals surface area contributed by atoms with Crippen molar-refractivity contribution >= 4 is 11.0 Å². The summed E-state index contributed by atoms with van der Waals surface area (Å²) in [5.74, 6) is 0.986. The van der Waals surface area contributed by atoms with Gasteiger partial charge in [0.2, 0.25) is 0 Å². The van der Waals surface area contributed by atoms with Crippen molar-refractivity contribution in [2.24, 2.45) is 0 Å². The molecule has 0 saturated carbocycles. The molecule has 0 radical (unpaired) electrons.